The molecule has 0 heterocycles. The van der Waals surface area contributed by atoms with Gasteiger partial charge in [0.25, 0.3) is 0 Å². The lowest BCUT2D eigenvalue weighted by Crippen LogP contribution is -2.14. The van der Waals surface area contributed by atoms with E-state index in [2.05, 4.69) is 4.74 Å². The van der Waals surface area contributed by atoms with Gasteiger partial charge in [0.15, 0.2) is 12.9 Å². The molecular weight excluding hydrogens is 232 g/mol. The average Bonchev–Trinajstić information content (AvgIpc) is 2.26. The van der Waals surface area contributed by atoms with Crippen molar-refractivity contribution >= 4 is 23.9 Å². The highest BCUT2D eigenvalue weighted by Crippen LogP contribution is 2.26. The zero-order valence-corrected chi connectivity index (χ0v) is 9.71. The highest BCUT2D eigenvalue weighted by molar-refractivity contribution is 6.31. The summed E-state index contributed by atoms with van der Waals surface area (Å²) in [5.41, 5.74) is 1.01. The van der Waals surface area contributed by atoms with E-state index >= 15 is 0 Å². The average molecular weight is 243 g/mol. The fourth-order valence-electron chi connectivity index (χ4n) is 1.23. The molecule has 16 heavy (non-hydrogen) atoms. The predicted octanol–water partition coefficient (Wildman–Crippen LogP) is 2.01. The van der Waals surface area contributed by atoms with Crippen LogP contribution in [-0.2, 0) is 9.53 Å². The molecule has 86 valence electrons. The van der Waals surface area contributed by atoms with Crippen molar-refractivity contribution in [3.8, 4) is 5.75 Å². The van der Waals surface area contributed by atoms with Crippen molar-refractivity contribution in [1.29, 1.82) is 0 Å². The van der Waals surface area contributed by atoms with Gasteiger partial charge in [0.2, 0.25) is 0 Å². The summed E-state index contributed by atoms with van der Waals surface area (Å²) in [6.07, 6.45) is 0.630. The fraction of sp³-hybridized carbons (Fsp3) is 0.273. The molecule has 0 aliphatic heterocycles. The van der Waals surface area contributed by atoms with Gasteiger partial charge in [-0.15, -0.1) is 0 Å². The molecule has 0 bridgehead atoms. The fourth-order valence-corrected chi connectivity index (χ4v) is 1.51. The van der Waals surface area contributed by atoms with Gasteiger partial charge in [0, 0.05) is 5.02 Å². The van der Waals surface area contributed by atoms with Crippen LogP contribution in [0.3, 0.4) is 0 Å². The number of rotatable bonds is 4. The van der Waals surface area contributed by atoms with Gasteiger partial charge in [-0.25, -0.2) is 4.79 Å². The Kier molecular flexibility index (Phi) is 4.31. The van der Waals surface area contributed by atoms with Crippen molar-refractivity contribution in [2.75, 3.05) is 13.7 Å². The van der Waals surface area contributed by atoms with Gasteiger partial charge in [0.05, 0.1) is 12.7 Å². The predicted molar refractivity (Wildman–Crippen MR) is 59.1 cm³/mol. The molecule has 0 fully saturated rings. The topological polar surface area (TPSA) is 52.6 Å². The molecule has 0 spiro atoms. The summed E-state index contributed by atoms with van der Waals surface area (Å²) in [7, 11) is 1.26. The summed E-state index contributed by atoms with van der Waals surface area (Å²) in [5.74, 6) is -0.156. The van der Waals surface area contributed by atoms with E-state index in [1.165, 1.54) is 13.2 Å². The van der Waals surface area contributed by atoms with Crippen LogP contribution in [0.1, 0.15) is 15.9 Å². The van der Waals surface area contributed by atoms with E-state index in [9.17, 15) is 9.59 Å². The van der Waals surface area contributed by atoms with Crippen molar-refractivity contribution < 1.29 is 19.1 Å². The molecule has 1 aromatic rings. The largest absolute Gasteiger partial charge is 0.481 e. The van der Waals surface area contributed by atoms with E-state index < -0.39 is 5.97 Å². The Morgan fingerprint density at radius 3 is 2.75 bits per heavy atom. The Morgan fingerprint density at radius 2 is 2.19 bits per heavy atom. The van der Waals surface area contributed by atoms with Gasteiger partial charge in [0.1, 0.15) is 5.75 Å². The van der Waals surface area contributed by atoms with Gasteiger partial charge in [-0.05, 0) is 24.6 Å². The molecule has 0 saturated carbocycles. The van der Waals surface area contributed by atoms with Crippen LogP contribution >= 0.6 is 11.6 Å². The second kappa shape index (κ2) is 5.51. The van der Waals surface area contributed by atoms with Crippen molar-refractivity contribution in [3.05, 3.63) is 28.3 Å². The van der Waals surface area contributed by atoms with Gasteiger partial charge < -0.3 is 9.47 Å². The summed E-state index contributed by atoms with van der Waals surface area (Å²) in [4.78, 5) is 21.7. The molecule has 0 aromatic heterocycles. The number of aldehydes is 1. The Bertz CT molecular complexity index is 415. The van der Waals surface area contributed by atoms with Crippen LogP contribution in [0.4, 0.5) is 0 Å². The molecule has 0 aliphatic rings. The van der Waals surface area contributed by atoms with Crippen molar-refractivity contribution in [2.24, 2.45) is 0 Å². The maximum Gasteiger partial charge on any atom is 0.343 e. The molecule has 0 unspecified atom stereocenters. The number of carbonyl (C=O) groups is 2. The first kappa shape index (κ1) is 12.5. The molecule has 5 heteroatoms. The number of aryl methyl sites for hydroxylation is 1. The van der Waals surface area contributed by atoms with Crippen LogP contribution in [0, 0.1) is 6.92 Å². The third kappa shape index (κ3) is 2.97. The molecule has 1 rings (SSSR count). The zero-order valence-electron chi connectivity index (χ0n) is 8.95. The number of esters is 1. The molecule has 0 aliphatic carbocycles. The van der Waals surface area contributed by atoms with Crippen molar-refractivity contribution in [1.82, 2.24) is 0 Å². The number of benzene rings is 1. The third-order valence-corrected chi connectivity index (χ3v) is 2.18. The molecule has 0 atom stereocenters. The van der Waals surface area contributed by atoms with E-state index in [1.807, 2.05) is 0 Å². The van der Waals surface area contributed by atoms with Gasteiger partial charge in [-0.3, -0.25) is 4.79 Å². The van der Waals surface area contributed by atoms with Crippen LogP contribution < -0.4 is 4.74 Å². The number of ether oxygens (including phenoxy) is 2. The van der Waals surface area contributed by atoms with Crippen LogP contribution in [0.2, 0.25) is 5.02 Å². The number of methoxy groups -OCH3 is 1. The minimum Gasteiger partial charge on any atom is -0.481 e. The number of hydrogen-bond acceptors (Lipinski definition) is 4. The van der Waals surface area contributed by atoms with Gasteiger partial charge in [-0.1, -0.05) is 11.6 Å². The van der Waals surface area contributed by atoms with Crippen LogP contribution in [-0.4, -0.2) is 26.0 Å². The van der Waals surface area contributed by atoms with E-state index in [0.29, 0.717) is 28.2 Å². The normalized spacial score (nSPS) is 9.69. The third-order valence-electron chi connectivity index (χ3n) is 1.96. The first-order valence-corrected chi connectivity index (χ1v) is 4.91. The number of hydrogen-bond donors (Lipinski definition) is 0. The van der Waals surface area contributed by atoms with E-state index in [0.717, 1.165) is 0 Å². The minimum absolute atomic E-state index is 0.236. The summed E-state index contributed by atoms with van der Waals surface area (Å²) in [6, 6.07) is 3.13. The highest BCUT2D eigenvalue weighted by Gasteiger charge is 2.10. The SMILES string of the molecule is COC(=O)COc1c(C)cc(Cl)cc1C=O. The lowest BCUT2D eigenvalue weighted by Gasteiger charge is -2.10. The van der Waals surface area contributed by atoms with Gasteiger partial charge >= 0.3 is 5.97 Å². The monoisotopic (exact) mass is 242 g/mol. The van der Waals surface area contributed by atoms with Crippen LogP contribution in [0.5, 0.6) is 5.75 Å². The van der Waals surface area contributed by atoms with Crippen molar-refractivity contribution in [2.45, 2.75) is 6.92 Å². The van der Waals surface area contributed by atoms with Crippen LogP contribution in [0.25, 0.3) is 0 Å². The molecular formula is C11H11ClO4. The summed E-state index contributed by atoms with van der Waals surface area (Å²) >= 11 is 5.78. The molecule has 0 amide bonds. The Balaban J connectivity index is 2.94. The quantitative estimate of drug-likeness (QED) is 0.599. The smallest absolute Gasteiger partial charge is 0.343 e. The molecule has 0 N–H and O–H groups in total. The minimum atomic E-state index is -0.508. The first-order chi connectivity index (χ1) is 7.58. The highest BCUT2D eigenvalue weighted by atomic mass is 35.5. The maximum absolute atomic E-state index is 10.9. The van der Waals surface area contributed by atoms with Crippen molar-refractivity contribution in [3.63, 3.8) is 0 Å². The van der Waals surface area contributed by atoms with E-state index in [4.69, 9.17) is 16.3 Å². The first-order valence-electron chi connectivity index (χ1n) is 4.53. The lowest BCUT2D eigenvalue weighted by molar-refractivity contribution is -0.142. The van der Waals surface area contributed by atoms with E-state index in [-0.39, 0.29) is 6.61 Å². The summed E-state index contributed by atoms with van der Waals surface area (Å²) < 4.78 is 9.63. The van der Waals surface area contributed by atoms with E-state index in [1.54, 1.807) is 13.0 Å². The molecule has 0 saturated heterocycles. The summed E-state index contributed by atoms with van der Waals surface area (Å²) in [5, 5.41) is 0.449. The Hall–Kier alpha value is -1.55. The second-order valence-electron chi connectivity index (χ2n) is 3.12. The maximum atomic E-state index is 10.9. The Labute approximate surface area is 98.1 Å². The van der Waals surface area contributed by atoms with Gasteiger partial charge in [-0.2, -0.15) is 0 Å². The molecule has 4 nitrogen and oxygen atoms in total. The zero-order chi connectivity index (χ0) is 12.1. The second-order valence-corrected chi connectivity index (χ2v) is 3.56. The number of halogens is 1. The Morgan fingerprint density at radius 1 is 1.50 bits per heavy atom. The standard InChI is InChI=1S/C11H11ClO4/c1-7-3-9(12)4-8(5-13)11(7)16-6-10(14)15-2/h3-5H,6H2,1-2H3. The van der Waals surface area contributed by atoms with Crippen LogP contribution in [0.15, 0.2) is 12.1 Å². The summed E-state index contributed by atoms with van der Waals surface area (Å²) in [6.45, 7) is 1.51. The lowest BCUT2D eigenvalue weighted by atomic mass is 10.1. The molecule has 1 aromatic carbocycles. The number of carbonyl (C=O) groups excluding carboxylic acids is 2. The molecule has 0 radical (unpaired) electrons.